The number of aromatic nitrogens is 1. The molecule has 0 aliphatic carbocycles. The van der Waals surface area contributed by atoms with Crippen molar-refractivity contribution in [3.05, 3.63) is 107 Å². The second-order valence-corrected chi connectivity index (χ2v) is 8.99. The molecular weight excluding hydrogens is 476 g/mol. The van der Waals surface area contributed by atoms with Crippen molar-refractivity contribution in [1.29, 1.82) is 0 Å². The third-order valence-electron chi connectivity index (χ3n) is 6.27. The van der Waals surface area contributed by atoms with Gasteiger partial charge in [0.25, 0.3) is 0 Å². The summed E-state index contributed by atoms with van der Waals surface area (Å²) >= 11 is 0. The lowest BCUT2D eigenvalue weighted by molar-refractivity contribution is -0.138. The van der Waals surface area contributed by atoms with Gasteiger partial charge < -0.3 is 19.4 Å². The van der Waals surface area contributed by atoms with Crippen LogP contribution in [0.5, 0.6) is 5.75 Å². The fraction of sp³-hybridized carbons (Fsp3) is 0.250. The van der Waals surface area contributed by atoms with Crippen molar-refractivity contribution in [2.45, 2.75) is 39.8 Å². The molecule has 196 valence electrons. The molecule has 3 aromatic carbocycles. The van der Waals surface area contributed by atoms with Crippen LogP contribution in [0.15, 0.2) is 90.6 Å². The number of ether oxygens (including phenoxy) is 2. The molecule has 0 bridgehead atoms. The largest absolute Gasteiger partial charge is 0.489 e. The summed E-state index contributed by atoms with van der Waals surface area (Å²) in [5.41, 5.74) is 4.57. The number of carbonyl (C=O) groups is 2. The van der Waals surface area contributed by atoms with E-state index in [2.05, 4.69) is 17.4 Å². The molecule has 0 unspecified atom stereocenters. The fourth-order valence-corrected chi connectivity index (χ4v) is 4.30. The number of amides is 1. The number of fused-ring (bicyclic) bond motifs is 1. The molecule has 0 radical (unpaired) electrons. The van der Waals surface area contributed by atoms with Gasteiger partial charge in [-0.2, -0.15) is 0 Å². The summed E-state index contributed by atoms with van der Waals surface area (Å²) in [6.45, 7) is 5.23. The molecule has 1 aromatic heterocycles. The van der Waals surface area contributed by atoms with Gasteiger partial charge in [0.1, 0.15) is 18.9 Å². The van der Waals surface area contributed by atoms with Crippen LogP contribution in [0, 0.1) is 0 Å². The molecule has 0 saturated heterocycles. The van der Waals surface area contributed by atoms with Crippen molar-refractivity contribution in [2.24, 2.45) is 0 Å². The lowest BCUT2D eigenvalue weighted by Gasteiger charge is -2.09. The molecule has 0 aliphatic rings. The van der Waals surface area contributed by atoms with Crippen LogP contribution < -0.4 is 10.1 Å². The Morgan fingerprint density at radius 3 is 2.32 bits per heavy atom. The van der Waals surface area contributed by atoms with Crippen LogP contribution in [0.2, 0.25) is 0 Å². The van der Waals surface area contributed by atoms with Crippen molar-refractivity contribution in [3.8, 4) is 5.75 Å². The minimum Gasteiger partial charge on any atom is -0.489 e. The minimum absolute atomic E-state index is 0.0705. The third-order valence-corrected chi connectivity index (χ3v) is 6.27. The van der Waals surface area contributed by atoms with Crippen molar-refractivity contribution in [1.82, 2.24) is 9.88 Å². The first-order valence-electron chi connectivity index (χ1n) is 13.0. The predicted octanol–water partition coefficient (Wildman–Crippen LogP) is 5.94. The van der Waals surface area contributed by atoms with E-state index in [1.807, 2.05) is 90.5 Å². The van der Waals surface area contributed by atoms with Gasteiger partial charge in [0.05, 0.1) is 6.61 Å². The zero-order chi connectivity index (χ0) is 26.7. The van der Waals surface area contributed by atoms with E-state index in [-0.39, 0.29) is 18.4 Å². The monoisotopic (exact) mass is 510 g/mol. The van der Waals surface area contributed by atoms with E-state index >= 15 is 0 Å². The highest BCUT2D eigenvalue weighted by Gasteiger charge is 2.15. The van der Waals surface area contributed by atoms with Gasteiger partial charge in [-0.05, 0) is 55.2 Å². The van der Waals surface area contributed by atoms with Crippen LogP contribution in [0.3, 0.4) is 0 Å². The SMILES string of the molecule is CCOC(=O)C(=Cc1cn(CC(=O)NCCc2ccccc2)c2ccc(OCc3ccccc3)cc12)CC. The standard InChI is InChI=1S/C32H34N2O4/c1-3-26(32(36)37-4-2)19-27-21-34(22-31(35)33-18-17-24-11-7-5-8-12-24)30-16-15-28(20-29(27)30)38-23-25-13-9-6-10-14-25/h5-16,19-21H,3-4,17-18,22-23H2,1-2H3,(H,33,35). The molecular formula is C32H34N2O4. The third kappa shape index (κ3) is 7.13. The Bertz CT molecular complexity index is 1390. The molecule has 0 saturated carbocycles. The summed E-state index contributed by atoms with van der Waals surface area (Å²) in [5.74, 6) is 0.320. The van der Waals surface area contributed by atoms with Crippen molar-refractivity contribution in [2.75, 3.05) is 13.2 Å². The Morgan fingerprint density at radius 2 is 1.63 bits per heavy atom. The first kappa shape index (κ1) is 26.7. The molecule has 0 spiro atoms. The molecule has 6 heteroatoms. The van der Waals surface area contributed by atoms with Gasteiger partial charge >= 0.3 is 5.97 Å². The number of rotatable bonds is 12. The number of esters is 1. The number of nitrogens with one attached hydrogen (secondary N) is 1. The average molecular weight is 511 g/mol. The van der Waals surface area contributed by atoms with E-state index in [0.29, 0.717) is 31.8 Å². The van der Waals surface area contributed by atoms with E-state index < -0.39 is 0 Å². The lowest BCUT2D eigenvalue weighted by atomic mass is 10.1. The van der Waals surface area contributed by atoms with Crippen molar-refractivity contribution >= 4 is 28.9 Å². The lowest BCUT2D eigenvalue weighted by Crippen LogP contribution is -2.29. The second kappa shape index (κ2) is 13.3. The number of carbonyl (C=O) groups excluding carboxylic acids is 2. The van der Waals surface area contributed by atoms with Crippen LogP contribution in [0.1, 0.15) is 37.0 Å². The highest BCUT2D eigenvalue weighted by Crippen LogP contribution is 2.29. The normalized spacial score (nSPS) is 11.4. The van der Waals surface area contributed by atoms with Crippen LogP contribution in [0.25, 0.3) is 17.0 Å². The van der Waals surface area contributed by atoms with E-state index in [0.717, 1.165) is 34.2 Å². The van der Waals surface area contributed by atoms with Crippen molar-refractivity contribution in [3.63, 3.8) is 0 Å². The van der Waals surface area contributed by atoms with Crippen LogP contribution in [-0.4, -0.2) is 29.6 Å². The molecule has 4 rings (SSSR count). The summed E-state index contributed by atoms with van der Waals surface area (Å²) in [6.07, 6.45) is 5.08. The molecule has 38 heavy (non-hydrogen) atoms. The highest BCUT2D eigenvalue weighted by molar-refractivity contribution is 5.98. The smallest absolute Gasteiger partial charge is 0.333 e. The van der Waals surface area contributed by atoms with Gasteiger partial charge in [0.2, 0.25) is 5.91 Å². The first-order valence-corrected chi connectivity index (χ1v) is 13.0. The predicted molar refractivity (Wildman–Crippen MR) is 151 cm³/mol. The van der Waals surface area contributed by atoms with Gasteiger partial charge in [0, 0.05) is 34.8 Å². The summed E-state index contributed by atoms with van der Waals surface area (Å²) in [5, 5.41) is 3.92. The maximum Gasteiger partial charge on any atom is 0.333 e. The number of hydrogen-bond acceptors (Lipinski definition) is 4. The van der Waals surface area contributed by atoms with Gasteiger partial charge in [0.15, 0.2) is 0 Å². The summed E-state index contributed by atoms with van der Waals surface area (Å²) in [4.78, 5) is 25.3. The number of benzene rings is 3. The van der Waals surface area contributed by atoms with E-state index in [9.17, 15) is 9.59 Å². The molecule has 1 N–H and O–H groups in total. The average Bonchev–Trinajstić information content (AvgIpc) is 3.27. The summed E-state index contributed by atoms with van der Waals surface area (Å²) in [7, 11) is 0. The second-order valence-electron chi connectivity index (χ2n) is 8.99. The van der Waals surface area contributed by atoms with Crippen molar-refractivity contribution < 1.29 is 19.1 Å². The highest BCUT2D eigenvalue weighted by atomic mass is 16.5. The Balaban J connectivity index is 1.57. The van der Waals surface area contributed by atoms with E-state index in [1.165, 1.54) is 5.56 Å². The zero-order valence-corrected chi connectivity index (χ0v) is 22.0. The number of nitrogens with zero attached hydrogens (tertiary/aromatic N) is 1. The van der Waals surface area contributed by atoms with Crippen LogP contribution >= 0.6 is 0 Å². The molecule has 4 aromatic rings. The molecule has 6 nitrogen and oxygen atoms in total. The topological polar surface area (TPSA) is 69.6 Å². The zero-order valence-electron chi connectivity index (χ0n) is 22.0. The van der Waals surface area contributed by atoms with Crippen LogP contribution in [-0.2, 0) is 33.9 Å². The fourth-order valence-electron chi connectivity index (χ4n) is 4.30. The molecule has 1 amide bonds. The Hall–Kier alpha value is -4.32. The molecule has 0 atom stereocenters. The maximum atomic E-state index is 12.8. The Kier molecular flexibility index (Phi) is 9.35. The Labute approximate surface area is 223 Å². The van der Waals surface area contributed by atoms with Gasteiger partial charge in [-0.15, -0.1) is 0 Å². The van der Waals surface area contributed by atoms with E-state index in [4.69, 9.17) is 9.47 Å². The summed E-state index contributed by atoms with van der Waals surface area (Å²) in [6, 6.07) is 25.9. The van der Waals surface area contributed by atoms with Gasteiger partial charge in [-0.1, -0.05) is 67.6 Å². The van der Waals surface area contributed by atoms with Gasteiger partial charge in [-0.25, -0.2) is 4.79 Å². The van der Waals surface area contributed by atoms with Crippen LogP contribution in [0.4, 0.5) is 0 Å². The summed E-state index contributed by atoms with van der Waals surface area (Å²) < 4.78 is 13.2. The van der Waals surface area contributed by atoms with Gasteiger partial charge in [-0.3, -0.25) is 4.79 Å². The Morgan fingerprint density at radius 1 is 0.921 bits per heavy atom. The number of hydrogen-bond donors (Lipinski definition) is 1. The molecule has 0 aliphatic heterocycles. The molecule has 1 heterocycles. The minimum atomic E-state index is -0.328. The first-order chi connectivity index (χ1) is 18.6. The molecule has 0 fully saturated rings. The maximum absolute atomic E-state index is 12.8. The quantitative estimate of drug-likeness (QED) is 0.189. The van der Waals surface area contributed by atoms with E-state index in [1.54, 1.807) is 6.92 Å².